The van der Waals surface area contributed by atoms with Gasteiger partial charge in [-0.15, -0.1) is 0 Å². The van der Waals surface area contributed by atoms with Crippen LogP contribution in [0.2, 0.25) is 0 Å². The summed E-state index contributed by atoms with van der Waals surface area (Å²) in [7, 11) is 1.52. The van der Waals surface area contributed by atoms with Crippen LogP contribution in [-0.2, 0) is 9.59 Å². The Balaban J connectivity index is 2.01. The molecule has 1 fully saturated rings. The van der Waals surface area contributed by atoms with Crippen LogP contribution in [0.5, 0.6) is 17.2 Å². The van der Waals surface area contributed by atoms with Gasteiger partial charge < -0.3 is 14.2 Å². The topological polar surface area (TPSA) is 77.1 Å². The molecule has 0 aliphatic carbocycles. The molecule has 2 aromatic carbocycles. The summed E-state index contributed by atoms with van der Waals surface area (Å²) in [4.78, 5) is 27.2. The predicted molar refractivity (Wildman–Crippen MR) is 135 cm³/mol. The second kappa shape index (κ2) is 10.6. The van der Waals surface area contributed by atoms with Crippen LogP contribution in [0.4, 0.5) is 5.69 Å². The number of nitrogens with zero attached hydrogens (tertiary/aromatic N) is 1. The molecule has 0 unspecified atom stereocenters. The Morgan fingerprint density at radius 2 is 2.00 bits per heavy atom. The van der Waals surface area contributed by atoms with Crippen molar-refractivity contribution in [3.8, 4) is 17.2 Å². The number of halogens is 1. The Kier molecular flexibility index (Phi) is 7.86. The molecule has 7 nitrogen and oxygen atoms in total. The number of hydrogen-bond donors (Lipinski definition) is 1. The van der Waals surface area contributed by atoms with E-state index in [1.54, 1.807) is 48.7 Å². The monoisotopic (exact) mass is 564 g/mol. The number of carbonyl (C=O) groups is 2. The number of anilines is 1. The third-order valence-electron chi connectivity index (χ3n) is 4.37. The first-order valence-corrected chi connectivity index (χ1v) is 11.2. The zero-order valence-electron chi connectivity index (χ0n) is 17.7. The molecule has 0 radical (unpaired) electrons. The highest BCUT2D eigenvalue weighted by atomic mass is 127. The van der Waals surface area contributed by atoms with Crippen LogP contribution in [0.25, 0.3) is 6.08 Å². The third-order valence-corrected chi connectivity index (χ3v) is 5.46. The molecule has 1 N–H and O–H groups in total. The van der Waals surface area contributed by atoms with Crippen molar-refractivity contribution < 1.29 is 23.8 Å². The second-order valence-corrected chi connectivity index (χ2v) is 8.06. The number of allylic oxidation sites excluding steroid dienone is 1. The van der Waals surface area contributed by atoms with Crippen molar-refractivity contribution in [2.24, 2.45) is 0 Å². The van der Waals surface area contributed by atoms with Crippen molar-refractivity contribution >= 4 is 63.5 Å². The maximum absolute atomic E-state index is 13.3. The first-order chi connectivity index (χ1) is 15.4. The molecular weight excluding hydrogens is 543 g/mol. The number of carbonyl (C=O) groups excluding carboxylic acids is 2. The summed E-state index contributed by atoms with van der Waals surface area (Å²) in [6.45, 7) is 4.19. The van der Waals surface area contributed by atoms with Gasteiger partial charge in [-0.3, -0.25) is 19.8 Å². The first kappa shape index (κ1) is 23.7. The molecule has 1 heterocycles. The van der Waals surface area contributed by atoms with E-state index in [4.69, 9.17) is 26.4 Å². The standard InChI is InChI=1S/C23H21IN2O5S/c1-4-9-31-20-18(24)11-14(12-19(20)29-3)10-17-21(27)25-23(32)26(22(17)28)15-7-6-8-16(13-15)30-5-2/h4,6-13H,5H2,1-3H3,(H,25,27,32)/b9-4+,17-10-. The molecule has 0 atom stereocenters. The van der Waals surface area contributed by atoms with E-state index in [2.05, 4.69) is 27.9 Å². The van der Waals surface area contributed by atoms with Crippen molar-refractivity contribution in [1.29, 1.82) is 0 Å². The van der Waals surface area contributed by atoms with E-state index < -0.39 is 11.8 Å². The third kappa shape index (κ3) is 5.10. The van der Waals surface area contributed by atoms with Gasteiger partial charge in [-0.05, 0) is 84.6 Å². The summed E-state index contributed by atoms with van der Waals surface area (Å²) in [5.74, 6) is 0.515. The molecule has 0 saturated carbocycles. The molecular formula is C23H21IN2O5S. The van der Waals surface area contributed by atoms with Crippen molar-refractivity contribution in [1.82, 2.24) is 5.32 Å². The Morgan fingerprint density at radius 1 is 1.22 bits per heavy atom. The number of hydrogen-bond acceptors (Lipinski definition) is 6. The molecule has 2 aromatic rings. The molecule has 3 rings (SSSR count). The van der Waals surface area contributed by atoms with Gasteiger partial charge in [0.15, 0.2) is 16.6 Å². The number of ether oxygens (including phenoxy) is 3. The number of thiocarbonyl (C=S) groups is 1. The minimum atomic E-state index is -0.569. The normalized spacial score (nSPS) is 15.3. The average molecular weight is 564 g/mol. The highest BCUT2D eigenvalue weighted by Crippen LogP contribution is 2.35. The summed E-state index contributed by atoms with van der Waals surface area (Å²) in [6, 6.07) is 10.4. The minimum Gasteiger partial charge on any atom is -0.494 e. The van der Waals surface area contributed by atoms with E-state index in [0.29, 0.717) is 35.1 Å². The molecule has 166 valence electrons. The van der Waals surface area contributed by atoms with Crippen LogP contribution in [0, 0.1) is 3.57 Å². The molecule has 0 bridgehead atoms. The summed E-state index contributed by atoms with van der Waals surface area (Å²) in [5.41, 5.74) is 1.05. The number of methoxy groups -OCH3 is 1. The van der Waals surface area contributed by atoms with Gasteiger partial charge in [0, 0.05) is 6.07 Å². The number of rotatable bonds is 7. The molecule has 32 heavy (non-hydrogen) atoms. The van der Waals surface area contributed by atoms with Crippen molar-refractivity contribution in [3.05, 3.63) is 63.4 Å². The van der Waals surface area contributed by atoms with Gasteiger partial charge >= 0.3 is 0 Å². The molecule has 0 aromatic heterocycles. The van der Waals surface area contributed by atoms with E-state index in [1.165, 1.54) is 18.1 Å². The largest absolute Gasteiger partial charge is 0.494 e. The van der Waals surface area contributed by atoms with Crippen LogP contribution in [-0.4, -0.2) is 30.6 Å². The Bertz CT molecular complexity index is 1130. The van der Waals surface area contributed by atoms with Gasteiger partial charge in [-0.1, -0.05) is 12.1 Å². The fraction of sp³-hybridized carbons (Fsp3) is 0.174. The summed E-state index contributed by atoms with van der Waals surface area (Å²) >= 11 is 7.38. The lowest BCUT2D eigenvalue weighted by atomic mass is 10.1. The number of nitrogens with one attached hydrogen (secondary N) is 1. The van der Waals surface area contributed by atoms with E-state index in [1.807, 2.05) is 13.8 Å². The maximum atomic E-state index is 13.3. The van der Waals surface area contributed by atoms with Crippen LogP contribution in [0.1, 0.15) is 19.4 Å². The van der Waals surface area contributed by atoms with E-state index in [0.717, 1.165) is 3.57 Å². The summed E-state index contributed by atoms with van der Waals surface area (Å²) < 4.78 is 17.3. The van der Waals surface area contributed by atoms with E-state index in [-0.39, 0.29) is 10.7 Å². The van der Waals surface area contributed by atoms with Crippen LogP contribution < -0.4 is 24.4 Å². The van der Waals surface area contributed by atoms with Crippen LogP contribution in [0.15, 0.2) is 54.3 Å². The Hall–Kier alpha value is -2.92. The molecule has 1 saturated heterocycles. The lowest BCUT2D eigenvalue weighted by Gasteiger charge is -2.29. The Labute approximate surface area is 205 Å². The van der Waals surface area contributed by atoms with Crippen LogP contribution in [0.3, 0.4) is 0 Å². The molecule has 0 spiro atoms. The fourth-order valence-corrected chi connectivity index (χ4v) is 4.04. The van der Waals surface area contributed by atoms with Crippen molar-refractivity contribution in [2.75, 3.05) is 18.6 Å². The van der Waals surface area contributed by atoms with Crippen LogP contribution >= 0.6 is 34.8 Å². The molecule has 1 aliphatic rings. The van der Waals surface area contributed by atoms with Gasteiger partial charge in [0.1, 0.15) is 11.3 Å². The average Bonchev–Trinajstić information content (AvgIpc) is 2.76. The zero-order valence-corrected chi connectivity index (χ0v) is 20.7. The molecule has 9 heteroatoms. The molecule has 2 amide bonds. The lowest BCUT2D eigenvalue weighted by Crippen LogP contribution is -2.54. The van der Waals surface area contributed by atoms with E-state index in [9.17, 15) is 9.59 Å². The first-order valence-electron chi connectivity index (χ1n) is 9.69. The fourth-order valence-electron chi connectivity index (χ4n) is 3.01. The maximum Gasteiger partial charge on any atom is 0.270 e. The minimum absolute atomic E-state index is 0.00746. The Morgan fingerprint density at radius 3 is 2.69 bits per heavy atom. The summed E-state index contributed by atoms with van der Waals surface area (Å²) in [6.07, 6.45) is 4.81. The second-order valence-electron chi connectivity index (χ2n) is 6.51. The lowest BCUT2D eigenvalue weighted by molar-refractivity contribution is -0.122. The number of amides is 2. The highest BCUT2D eigenvalue weighted by Gasteiger charge is 2.34. The van der Waals surface area contributed by atoms with Gasteiger partial charge in [0.25, 0.3) is 11.8 Å². The smallest absolute Gasteiger partial charge is 0.270 e. The number of benzene rings is 2. The van der Waals surface area contributed by atoms with Gasteiger partial charge in [-0.25, -0.2) is 0 Å². The zero-order chi connectivity index (χ0) is 23.3. The van der Waals surface area contributed by atoms with Gasteiger partial charge in [0.05, 0.1) is 29.2 Å². The van der Waals surface area contributed by atoms with Gasteiger partial charge in [-0.2, -0.15) is 0 Å². The molecule has 1 aliphatic heterocycles. The SMILES string of the molecule is C/C=C/Oc1c(I)cc(/C=C2/C(=O)NC(=S)N(c3cccc(OCC)c3)C2=O)cc1OC. The van der Waals surface area contributed by atoms with Gasteiger partial charge in [0.2, 0.25) is 0 Å². The van der Waals surface area contributed by atoms with Crippen molar-refractivity contribution in [3.63, 3.8) is 0 Å². The summed E-state index contributed by atoms with van der Waals surface area (Å²) in [5, 5.41) is 2.59. The van der Waals surface area contributed by atoms with E-state index >= 15 is 0 Å². The quantitative estimate of drug-likeness (QED) is 0.176. The van der Waals surface area contributed by atoms with Crippen molar-refractivity contribution in [2.45, 2.75) is 13.8 Å². The highest BCUT2D eigenvalue weighted by molar-refractivity contribution is 14.1. The predicted octanol–water partition coefficient (Wildman–Crippen LogP) is 4.44.